The molecule has 6 heteroatoms. The summed E-state index contributed by atoms with van der Waals surface area (Å²) in [5.41, 5.74) is 0.538. The number of rotatable bonds is 6. The molecular weight excluding hydrogens is 378 g/mol. The summed E-state index contributed by atoms with van der Waals surface area (Å²) in [4.78, 5) is 28.9. The second kappa shape index (κ2) is 8.70. The molecular formula is C24H33N3O3. The van der Waals surface area contributed by atoms with Crippen LogP contribution in [0.2, 0.25) is 0 Å². The molecule has 30 heavy (non-hydrogen) atoms. The molecule has 3 heterocycles. The van der Waals surface area contributed by atoms with Crippen LogP contribution in [0.25, 0.3) is 11.5 Å². The summed E-state index contributed by atoms with van der Waals surface area (Å²) in [6.07, 6.45) is 10.3. The predicted molar refractivity (Wildman–Crippen MR) is 116 cm³/mol. The minimum atomic E-state index is -0.925. The molecule has 4 rings (SSSR count). The molecule has 1 unspecified atom stereocenters. The van der Waals surface area contributed by atoms with Crippen LogP contribution < -0.4 is 5.32 Å². The zero-order valence-corrected chi connectivity index (χ0v) is 18.2. The zero-order valence-electron chi connectivity index (χ0n) is 18.2. The molecule has 0 saturated heterocycles. The highest BCUT2D eigenvalue weighted by atomic mass is 16.3. The lowest BCUT2D eigenvalue weighted by Crippen LogP contribution is -2.65. The lowest BCUT2D eigenvalue weighted by atomic mass is 9.93. The van der Waals surface area contributed by atoms with Crippen molar-refractivity contribution in [1.82, 2.24) is 14.8 Å². The highest BCUT2D eigenvalue weighted by Crippen LogP contribution is 2.34. The molecule has 2 aromatic rings. The van der Waals surface area contributed by atoms with Gasteiger partial charge >= 0.3 is 0 Å². The smallest absolute Gasteiger partial charge is 0.271 e. The molecule has 0 bridgehead atoms. The number of carbonyl (C=O) groups excluding carboxylic acids is 2. The van der Waals surface area contributed by atoms with Crippen molar-refractivity contribution in [1.29, 1.82) is 0 Å². The Morgan fingerprint density at radius 1 is 1.17 bits per heavy atom. The minimum absolute atomic E-state index is 0.0383. The van der Waals surface area contributed by atoms with Crippen LogP contribution in [0.5, 0.6) is 0 Å². The topological polar surface area (TPSA) is 67.5 Å². The van der Waals surface area contributed by atoms with Gasteiger partial charge in [-0.25, -0.2) is 0 Å². The van der Waals surface area contributed by atoms with Crippen LogP contribution in [0.15, 0.2) is 34.9 Å². The van der Waals surface area contributed by atoms with Crippen LogP contribution in [0.4, 0.5) is 0 Å². The fraction of sp³-hybridized carbons (Fsp3) is 0.583. The van der Waals surface area contributed by atoms with Gasteiger partial charge in [0.15, 0.2) is 0 Å². The van der Waals surface area contributed by atoms with Crippen LogP contribution in [0.1, 0.15) is 75.7 Å². The van der Waals surface area contributed by atoms with Gasteiger partial charge in [-0.3, -0.25) is 9.59 Å². The van der Waals surface area contributed by atoms with Gasteiger partial charge in [0.25, 0.3) is 5.91 Å². The molecule has 1 fully saturated rings. The van der Waals surface area contributed by atoms with E-state index in [1.807, 2.05) is 35.8 Å². The number of hydrogen-bond donors (Lipinski definition) is 1. The first kappa shape index (κ1) is 20.8. The molecule has 1 N–H and O–H groups in total. The second-order valence-corrected chi connectivity index (χ2v) is 8.91. The highest BCUT2D eigenvalue weighted by molar-refractivity contribution is 6.00. The third-order valence-corrected chi connectivity index (χ3v) is 6.70. The van der Waals surface area contributed by atoms with E-state index in [0.29, 0.717) is 24.5 Å². The fourth-order valence-corrected chi connectivity index (χ4v) is 4.84. The second-order valence-electron chi connectivity index (χ2n) is 8.91. The third kappa shape index (κ3) is 3.80. The van der Waals surface area contributed by atoms with Crippen molar-refractivity contribution in [2.75, 3.05) is 6.54 Å². The first-order valence-corrected chi connectivity index (χ1v) is 11.4. The number of nitrogens with zero attached hydrogens (tertiary/aromatic N) is 2. The average molecular weight is 412 g/mol. The maximum Gasteiger partial charge on any atom is 0.271 e. The van der Waals surface area contributed by atoms with E-state index in [0.717, 1.165) is 44.2 Å². The zero-order chi connectivity index (χ0) is 21.1. The van der Waals surface area contributed by atoms with Crippen molar-refractivity contribution >= 4 is 11.8 Å². The first-order valence-electron chi connectivity index (χ1n) is 11.4. The average Bonchev–Trinajstić information content (AvgIpc) is 3.33. The van der Waals surface area contributed by atoms with Gasteiger partial charge in [-0.05, 0) is 50.5 Å². The minimum Gasteiger partial charge on any atom is -0.463 e. The predicted octanol–water partition coefficient (Wildman–Crippen LogP) is 4.60. The largest absolute Gasteiger partial charge is 0.463 e. The van der Waals surface area contributed by atoms with E-state index in [4.69, 9.17) is 4.42 Å². The number of unbranched alkanes of at least 4 members (excludes halogenated alkanes) is 1. The Morgan fingerprint density at radius 3 is 2.57 bits per heavy atom. The molecule has 0 spiro atoms. The molecule has 2 aromatic heterocycles. The highest BCUT2D eigenvalue weighted by Gasteiger charge is 2.48. The quantitative estimate of drug-likeness (QED) is 0.706. The van der Waals surface area contributed by atoms with Gasteiger partial charge in [0.05, 0.1) is 18.5 Å². The number of aromatic nitrogens is 1. The molecule has 2 aliphatic rings. The molecule has 1 saturated carbocycles. The van der Waals surface area contributed by atoms with Crippen molar-refractivity contribution < 1.29 is 14.0 Å². The fourth-order valence-electron chi connectivity index (χ4n) is 4.84. The Balaban J connectivity index is 1.66. The summed E-state index contributed by atoms with van der Waals surface area (Å²) in [5.74, 6) is 0.595. The van der Waals surface area contributed by atoms with Crippen LogP contribution in [-0.2, 0) is 11.3 Å². The summed E-state index contributed by atoms with van der Waals surface area (Å²) in [5, 5.41) is 3.30. The van der Waals surface area contributed by atoms with E-state index >= 15 is 0 Å². The molecule has 1 atom stereocenters. The van der Waals surface area contributed by atoms with Gasteiger partial charge in [-0.15, -0.1) is 0 Å². The lowest BCUT2D eigenvalue weighted by molar-refractivity contribution is -0.133. The van der Waals surface area contributed by atoms with Gasteiger partial charge in [0.2, 0.25) is 5.91 Å². The van der Waals surface area contributed by atoms with E-state index in [-0.39, 0.29) is 17.9 Å². The Labute approximate surface area is 178 Å². The van der Waals surface area contributed by atoms with Gasteiger partial charge < -0.3 is 19.2 Å². The molecule has 1 aliphatic heterocycles. The normalized spacial score (nSPS) is 22.6. The van der Waals surface area contributed by atoms with Crippen molar-refractivity contribution in [3.8, 4) is 11.5 Å². The maximum atomic E-state index is 13.6. The molecule has 0 aromatic carbocycles. The van der Waals surface area contributed by atoms with Gasteiger partial charge in [-0.2, -0.15) is 0 Å². The Morgan fingerprint density at radius 2 is 1.90 bits per heavy atom. The Hall–Kier alpha value is -2.50. The first-order chi connectivity index (χ1) is 14.5. The lowest BCUT2D eigenvalue weighted by Gasteiger charge is -2.45. The molecule has 0 radical (unpaired) electrons. The number of carbonyl (C=O) groups is 2. The Bertz CT molecular complexity index is 878. The summed E-state index contributed by atoms with van der Waals surface area (Å²) in [6.45, 7) is 5.04. The third-order valence-electron chi connectivity index (χ3n) is 6.70. The van der Waals surface area contributed by atoms with Crippen LogP contribution in [-0.4, -0.2) is 39.4 Å². The Kier molecular flexibility index (Phi) is 6.02. The maximum absolute atomic E-state index is 13.6. The standard InChI is InChI=1S/C24H33N3O3/c1-3-4-15-27-22(28)20-14-13-19(21-12-9-16-30-21)26(20)17-24(27,2)23(29)25-18-10-7-5-6-8-11-18/h9,12-14,16,18H,3-8,10-11,15,17H2,1-2H3,(H,25,29). The molecule has 2 amide bonds. The summed E-state index contributed by atoms with van der Waals surface area (Å²) >= 11 is 0. The van der Waals surface area contributed by atoms with Crippen molar-refractivity contribution in [2.24, 2.45) is 0 Å². The van der Waals surface area contributed by atoms with E-state index < -0.39 is 5.54 Å². The van der Waals surface area contributed by atoms with E-state index in [2.05, 4.69) is 12.2 Å². The van der Waals surface area contributed by atoms with Gasteiger partial charge in [0.1, 0.15) is 17.0 Å². The number of amides is 2. The van der Waals surface area contributed by atoms with Gasteiger partial charge in [-0.1, -0.05) is 39.0 Å². The van der Waals surface area contributed by atoms with Crippen LogP contribution >= 0.6 is 0 Å². The molecule has 6 nitrogen and oxygen atoms in total. The monoisotopic (exact) mass is 411 g/mol. The van der Waals surface area contributed by atoms with E-state index in [1.54, 1.807) is 11.2 Å². The number of hydrogen-bond acceptors (Lipinski definition) is 3. The summed E-state index contributed by atoms with van der Waals surface area (Å²) < 4.78 is 7.54. The number of fused-ring (bicyclic) bond motifs is 1. The van der Waals surface area contributed by atoms with Crippen molar-refractivity contribution in [3.63, 3.8) is 0 Å². The van der Waals surface area contributed by atoms with Crippen molar-refractivity contribution in [2.45, 2.75) is 83.3 Å². The molecule has 1 aliphatic carbocycles. The molecule has 162 valence electrons. The van der Waals surface area contributed by atoms with Gasteiger partial charge in [0, 0.05) is 12.6 Å². The summed E-state index contributed by atoms with van der Waals surface area (Å²) in [6, 6.07) is 7.70. The SMILES string of the molecule is CCCCN1C(=O)c2ccc(-c3ccco3)n2CC1(C)C(=O)NC1CCCCCC1. The van der Waals surface area contributed by atoms with Crippen LogP contribution in [0.3, 0.4) is 0 Å². The van der Waals surface area contributed by atoms with Crippen molar-refractivity contribution in [3.05, 3.63) is 36.2 Å². The number of nitrogens with one attached hydrogen (secondary N) is 1. The van der Waals surface area contributed by atoms with E-state index in [9.17, 15) is 9.59 Å². The number of furan rings is 1. The van der Waals surface area contributed by atoms with Crippen LogP contribution in [0, 0.1) is 0 Å². The van der Waals surface area contributed by atoms with E-state index in [1.165, 1.54) is 12.8 Å². The summed E-state index contributed by atoms with van der Waals surface area (Å²) in [7, 11) is 0.